The molecular weight excluding hydrogens is 312 g/mol. The number of hydrogen-bond acceptors (Lipinski definition) is 4. The van der Waals surface area contributed by atoms with Gasteiger partial charge in [0.1, 0.15) is 6.10 Å². The van der Waals surface area contributed by atoms with E-state index in [1.54, 1.807) is 31.3 Å². The molecule has 1 aliphatic rings. The minimum atomic E-state index is -0.880. The number of aliphatic carboxylic acids is 1. The Bertz CT molecular complexity index is 611. The van der Waals surface area contributed by atoms with Crippen molar-refractivity contribution >= 4 is 23.5 Å². The van der Waals surface area contributed by atoms with Crippen molar-refractivity contribution in [2.45, 2.75) is 31.8 Å². The fraction of sp³-hybridized carbons (Fsp3) is 0.471. The number of rotatable bonds is 7. The fourth-order valence-corrected chi connectivity index (χ4v) is 2.53. The Labute approximate surface area is 140 Å². The van der Waals surface area contributed by atoms with E-state index in [1.807, 2.05) is 0 Å². The first kappa shape index (κ1) is 17.9. The minimum absolute atomic E-state index is 0.0229. The van der Waals surface area contributed by atoms with Gasteiger partial charge in [0.2, 0.25) is 0 Å². The van der Waals surface area contributed by atoms with Gasteiger partial charge in [0.15, 0.2) is 0 Å². The average Bonchev–Trinajstić information content (AvgIpc) is 3.08. The maximum atomic E-state index is 12.4. The monoisotopic (exact) mass is 334 g/mol. The molecule has 1 atom stereocenters. The van der Waals surface area contributed by atoms with Crippen molar-refractivity contribution in [1.29, 1.82) is 0 Å². The number of nitrogens with one attached hydrogen (secondary N) is 1. The van der Waals surface area contributed by atoms with Gasteiger partial charge in [-0.25, -0.2) is 0 Å². The predicted molar refractivity (Wildman–Crippen MR) is 87.9 cm³/mol. The summed E-state index contributed by atoms with van der Waals surface area (Å²) in [5.41, 5.74) is 0.984. The number of hydrogen-bond donors (Lipinski definition) is 2. The molecular formula is C17H22N2O5. The Morgan fingerprint density at radius 2 is 2.17 bits per heavy atom. The van der Waals surface area contributed by atoms with Crippen LogP contribution in [-0.4, -0.2) is 54.1 Å². The van der Waals surface area contributed by atoms with Crippen LogP contribution in [0.5, 0.6) is 0 Å². The van der Waals surface area contributed by atoms with Gasteiger partial charge in [-0.1, -0.05) is 6.07 Å². The van der Waals surface area contributed by atoms with Crippen LogP contribution in [0, 0.1) is 0 Å². The largest absolute Gasteiger partial charge is 0.481 e. The number of benzene rings is 1. The number of nitrogens with zero attached hydrogens (tertiary/aromatic N) is 1. The lowest BCUT2D eigenvalue weighted by Gasteiger charge is -2.17. The molecule has 7 heteroatoms. The lowest BCUT2D eigenvalue weighted by Crippen LogP contribution is -2.29. The summed E-state index contributed by atoms with van der Waals surface area (Å²) in [4.78, 5) is 36.4. The third kappa shape index (κ3) is 5.06. The quantitative estimate of drug-likeness (QED) is 0.792. The van der Waals surface area contributed by atoms with Gasteiger partial charge in [0.25, 0.3) is 11.8 Å². The maximum Gasteiger partial charge on any atom is 0.303 e. The van der Waals surface area contributed by atoms with Gasteiger partial charge in [-0.15, -0.1) is 0 Å². The zero-order valence-corrected chi connectivity index (χ0v) is 13.7. The molecule has 1 fully saturated rings. The number of amides is 2. The Morgan fingerprint density at radius 1 is 1.38 bits per heavy atom. The number of carboxylic acids is 1. The second-order valence-electron chi connectivity index (χ2n) is 5.80. The van der Waals surface area contributed by atoms with Gasteiger partial charge in [-0.2, -0.15) is 0 Å². The van der Waals surface area contributed by atoms with E-state index in [-0.39, 0.29) is 18.2 Å². The van der Waals surface area contributed by atoms with E-state index in [0.717, 1.165) is 6.42 Å². The number of carbonyl (C=O) groups is 3. The third-order valence-corrected chi connectivity index (χ3v) is 3.83. The molecule has 24 heavy (non-hydrogen) atoms. The standard InChI is InChI=1S/C17H22N2O5/c1-19(9-3-8-15(20)21)17(23)12-5-2-6-13(11-12)18-16(22)14-7-4-10-24-14/h2,5-6,11,14H,3-4,7-10H2,1H3,(H,18,22)(H,20,21). The number of anilines is 1. The van der Waals surface area contributed by atoms with Crippen LogP contribution in [0.2, 0.25) is 0 Å². The molecule has 1 aromatic rings. The van der Waals surface area contributed by atoms with Crippen molar-refractivity contribution in [3.8, 4) is 0 Å². The summed E-state index contributed by atoms with van der Waals surface area (Å²) >= 11 is 0. The van der Waals surface area contributed by atoms with Crippen LogP contribution in [0.1, 0.15) is 36.0 Å². The molecule has 0 radical (unpaired) electrons. The highest BCUT2D eigenvalue weighted by molar-refractivity contribution is 5.98. The SMILES string of the molecule is CN(CCCC(=O)O)C(=O)c1cccc(NC(=O)C2CCCO2)c1. The molecule has 1 aliphatic heterocycles. The molecule has 7 nitrogen and oxygen atoms in total. The molecule has 0 spiro atoms. The fourth-order valence-electron chi connectivity index (χ4n) is 2.53. The summed E-state index contributed by atoms with van der Waals surface area (Å²) in [6, 6.07) is 6.69. The van der Waals surface area contributed by atoms with Crippen LogP contribution in [0.25, 0.3) is 0 Å². The molecule has 1 unspecified atom stereocenters. The average molecular weight is 334 g/mol. The first-order valence-corrected chi connectivity index (χ1v) is 7.97. The lowest BCUT2D eigenvalue weighted by molar-refractivity contribution is -0.137. The zero-order chi connectivity index (χ0) is 17.5. The molecule has 0 bridgehead atoms. The summed E-state index contributed by atoms with van der Waals surface area (Å²) in [6.45, 7) is 0.954. The van der Waals surface area contributed by atoms with Crippen LogP contribution in [-0.2, 0) is 14.3 Å². The van der Waals surface area contributed by atoms with E-state index in [0.29, 0.717) is 37.2 Å². The summed E-state index contributed by atoms with van der Waals surface area (Å²) in [5.74, 6) is -1.30. The van der Waals surface area contributed by atoms with Gasteiger partial charge < -0.3 is 20.1 Å². The zero-order valence-electron chi connectivity index (χ0n) is 13.7. The topological polar surface area (TPSA) is 95.9 Å². The van der Waals surface area contributed by atoms with Gasteiger partial charge in [-0.3, -0.25) is 14.4 Å². The van der Waals surface area contributed by atoms with Crippen molar-refractivity contribution < 1.29 is 24.2 Å². The highest BCUT2D eigenvalue weighted by Gasteiger charge is 2.23. The van der Waals surface area contributed by atoms with Crippen molar-refractivity contribution in [2.75, 3.05) is 25.5 Å². The molecule has 0 aliphatic carbocycles. The van der Waals surface area contributed by atoms with E-state index < -0.39 is 12.1 Å². The third-order valence-electron chi connectivity index (χ3n) is 3.83. The summed E-state index contributed by atoms with van der Waals surface area (Å²) in [7, 11) is 1.63. The Balaban J connectivity index is 1.94. The number of carboxylic acid groups (broad SMARTS) is 1. The molecule has 2 N–H and O–H groups in total. The van der Waals surface area contributed by atoms with Crippen LogP contribution in [0.15, 0.2) is 24.3 Å². The maximum absolute atomic E-state index is 12.4. The van der Waals surface area contributed by atoms with E-state index in [4.69, 9.17) is 9.84 Å². The van der Waals surface area contributed by atoms with Crippen molar-refractivity contribution in [3.05, 3.63) is 29.8 Å². The van der Waals surface area contributed by atoms with Crippen molar-refractivity contribution in [2.24, 2.45) is 0 Å². The summed E-state index contributed by atoms with van der Waals surface area (Å²) in [5, 5.41) is 11.4. The normalized spacial score (nSPS) is 16.6. The molecule has 1 aromatic carbocycles. The molecule has 1 saturated heterocycles. The van der Waals surface area contributed by atoms with Crippen LogP contribution >= 0.6 is 0 Å². The highest BCUT2D eigenvalue weighted by atomic mass is 16.5. The van der Waals surface area contributed by atoms with Gasteiger partial charge in [0, 0.05) is 37.9 Å². The van der Waals surface area contributed by atoms with Crippen LogP contribution in [0.4, 0.5) is 5.69 Å². The van der Waals surface area contributed by atoms with E-state index in [2.05, 4.69) is 5.32 Å². The van der Waals surface area contributed by atoms with Crippen LogP contribution < -0.4 is 5.32 Å². The smallest absolute Gasteiger partial charge is 0.303 e. The molecule has 2 rings (SSSR count). The Morgan fingerprint density at radius 3 is 2.83 bits per heavy atom. The van der Waals surface area contributed by atoms with Crippen molar-refractivity contribution in [3.63, 3.8) is 0 Å². The molecule has 0 saturated carbocycles. The van der Waals surface area contributed by atoms with Gasteiger partial charge in [0.05, 0.1) is 0 Å². The van der Waals surface area contributed by atoms with E-state index in [9.17, 15) is 14.4 Å². The van der Waals surface area contributed by atoms with Gasteiger partial charge >= 0.3 is 5.97 Å². The number of carbonyl (C=O) groups excluding carboxylic acids is 2. The van der Waals surface area contributed by atoms with Gasteiger partial charge in [-0.05, 0) is 37.5 Å². The van der Waals surface area contributed by atoms with E-state index in [1.165, 1.54) is 4.90 Å². The second-order valence-corrected chi connectivity index (χ2v) is 5.80. The highest BCUT2D eigenvalue weighted by Crippen LogP contribution is 2.17. The molecule has 2 amide bonds. The lowest BCUT2D eigenvalue weighted by atomic mass is 10.1. The molecule has 0 aromatic heterocycles. The Hall–Kier alpha value is -2.41. The first-order valence-electron chi connectivity index (χ1n) is 7.97. The predicted octanol–water partition coefficient (Wildman–Crippen LogP) is 1.74. The van der Waals surface area contributed by atoms with E-state index >= 15 is 0 Å². The Kier molecular flexibility index (Phi) is 6.31. The number of ether oxygens (including phenoxy) is 1. The molecule has 1 heterocycles. The minimum Gasteiger partial charge on any atom is -0.481 e. The van der Waals surface area contributed by atoms with Crippen molar-refractivity contribution in [1.82, 2.24) is 4.90 Å². The summed E-state index contributed by atoms with van der Waals surface area (Å²) < 4.78 is 5.33. The summed E-state index contributed by atoms with van der Waals surface area (Å²) in [6.07, 6.45) is 1.57. The first-order chi connectivity index (χ1) is 11.5. The molecule has 130 valence electrons. The van der Waals surface area contributed by atoms with Crippen LogP contribution in [0.3, 0.4) is 0 Å². The second kappa shape index (κ2) is 8.44.